The summed E-state index contributed by atoms with van der Waals surface area (Å²) in [5.41, 5.74) is 10.3. The first-order valence-corrected chi connectivity index (χ1v) is 6.58. The lowest BCUT2D eigenvalue weighted by molar-refractivity contribution is 0.475. The van der Waals surface area contributed by atoms with Crippen LogP contribution in [-0.2, 0) is 0 Å². The third-order valence-corrected chi connectivity index (χ3v) is 3.69. The van der Waals surface area contributed by atoms with Gasteiger partial charge in [-0.05, 0) is 36.2 Å². The molecule has 4 heteroatoms. The highest BCUT2D eigenvalue weighted by Crippen LogP contribution is 2.36. The molecule has 3 nitrogen and oxygen atoms in total. The summed E-state index contributed by atoms with van der Waals surface area (Å²) < 4.78 is 0. The monoisotopic (exact) mass is 284 g/mol. The predicted octanol–water partition coefficient (Wildman–Crippen LogP) is 4.15. The van der Waals surface area contributed by atoms with Crippen molar-refractivity contribution in [2.75, 3.05) is 5.73 Å². The molecule has 0 aliphatic rings. The van der Waals surface area contributed by atoms with Crippen molar-refractivity contribution in [2.24, 2.45) is 0 Å². The van der Waals surface area contributed by atoms with Crippen LogP contribution in [0, 0.1) is 6.92 Å². The molecular formula is C16H13ClN2O. The Bertz CT molecular complexity index is 815. The van der Waals surface area contributed by atoms with Crippen LogP contribution in [0.4, 0.5) is 5.69 Å². The van der Waals surface area contributed by atoms with Gasteiger partial charge in [-0.1, -0.05) is 29.8 Å². The van der Waals surface area contributed by atoms with Gasteiger partial charge in [0.2, 0.25) is 0 Å². The fraction of sp³-hybridized carbons (Fsp3) is 0.0625. The van der Waals surface area contributed by atoms with Gasteiger partial charge >= 0.3 is 0 Å². The molecule has 1 heterocycles. The molecule has 0 spiro atoms. The number of phenols is 1. The summed E-state index contributed by atoms with van der Waals surface area (Å²) in [6.45, 7) is 1.93. The Labute approximate surface area is 121 Å². The van der Waals surface area contributed by atoms with Crippen molar-refractivity contribution >= 4 is 28.2 Å². The number of para-hydroxylation sites is 1. The summed E-state index contributed by atoms with van der Waals surface area (Å²) in [7, 11) is 0. The van der Waals surface area contributed by atoms with Crippen LogP contribution in [0.25, 0.3) is 22.0 Å². The van der Waals surface area contributed by atoms with Gasteiger partial charge in [-0.3, -0.25) is 4.98 Å². The smallest absolute Gasteiger partial charge is 0.134 e. The molecule has 0 unspecified atom stereocenters. The second kappa shape index (κ2) is 4.69. The van der Waals surface area contributed by atoms with E-state index in [-0.39, 0.29) is 5.75 Å². The fourth-order valence-corrected chi connectivity index (χ4v) is 2.53. The molecule has 0 aliphatic carbocycles. The van der Waals surface area contributed by atoms with Crippen LogP contribution in [0.15, 0.2) is 42.6 Å². The van der Waals surface area contributed by atoms with Crippen LogP contribution < -0.4 is 5.73 Å². The normalized spacial score (nSPS) is 10.9. The van der Waals surface area contributed by atoms with E-state index in [0.29, 0.717) is 10.7 Å². The van der Waals surface area contributed by atoms with Gasteiger partial charge in [0.05, 0.1) is 10.5 Å². The number of phenolic OH excluding ortho intramolecular Hbond substituents is 1. The number of rotatable bonds is 1. The number of fused-ring (bicyclic) bond motifs is 1. The fourth-order valence-electron chi connectivity index (χ4n) is 2.37. The van der Waals surface area contributed by atoms with Gasteiger partial charge in [-0.25, -0.2) is 0 Å². The largest absolute Gasteiger partial charge is 0.506 e. The van der Waals surface area contributed by atoms with Crippen molar-refractivity contribution < 1.29 is 5.11 Å². The molecule has 20 heavy (non-hydrogen) atoms. The molecule has 0 bridgehead atoms. The van der Waals surface area contributed by atoms with Crippen molar-refractivity contribution in [3.05, 3.63) is 53.2 Å². The molecular weight excluding hydrogens is 272 g/mol. The zero-order valence-corrected chi connectivity index (χ0v) is 11.6. The number of nitrogen functional groups attached to an aromatic ring is 1. The van der Waals surface area contributed by atoms with E-state index in [0.717, 1.165) is 27.6 Å². The first kappa shape index (κ1) is 12.8. The van der Waals surface area contributed by atoms with Gasteiger partial charge in [0, 0.05) is 22.8 Å². The van der Waals surface area contributed by atoms with Crippen LogP contribution in [0.2, 0.25) is 5.02 Å². The SMILES string of the molecule is Cc1cc(O)c(Cl)cc1-c1cccc2c(N)ccnc12. The molecule has 3 aromatic rings. The third kappa shape index (κ3) is 1.96. The Morgan fingerprint density at radius 1 is 1.15 bits per heavy atom. The average molecular weight is 285 g/mol. The maximum atomic E-state index is 9.66. The molecule has 0 saturated heterocycles. The van der Waals surface area contributed by atoms with Gasteiger partial charge in [-0.15, -0.1) is 0 Å². The molecule has 3 N–H and O–H groups in total. The van der Waals surface area contributed by atoms with E-state index < -0.39 is 0 Å². The number of benzene rings is 2. The summed E-state index contributed by atoms with van der Waals surface area (Å²) in [6, 6.07) is 11.1. The van der Waals surface area contributed by atoms with Crippen LogP contribution in [-0.4, -0.2) is 10.1 Å². The van der Waals surface area contributed by atoms with E-state index in [1.165, 1.54) is 0 Å². The molecule has 1 aromatic heterocycles. The number of aryl methyl sites for hydroxylation is 1. The van der Waals surface area contributed by atoms with Crippen molar-refractivity contribution in [3.63, 3.8) is 0 Å². The van der Waals surface area contributed by atoms with Gasteiger partial charge in [0.15, 0.2) is 0 Å². The Morgan fingerprint density at radius 3 is 2.75 bits per heavy atom. The van der Waals surface area contributed by atoms with E-state index >= 15 is 0 Å². The second-order valence-electron chi connectivity index (χ2n) is 4.72. The Balaban J connectivity index is 2.36. The molecule has 0 fully saturated rings. The van der Waals surface area contributed by atoms with E-state index in [9.17, 15) is 5.11 Å². The average Bonchev–Trinajstić information content (AvgIpc) is 2.43. The summed E-state index contributed by atoms with van der Waals surface area (Å²) in [6.07, 6.45) is 1.69. The highest BCUT2D eigenvalue weighted by Gasteiger charge is 2.11. The lowest BCUT2D eigenvalue weighted by atomic mass is 9.97. The quantitative estimate of drug-likeness (QED) is 0.706. The maximum absolute atomic E-state index is 9.66. The van der Waals surface area contributed by atoms with Gasteiger partial charge < -0.3 is 10.8 Å². The summed E-state index contributed by atoms with van der Waals surface area (Å²) >= 11 is 6.02. The van der Waals surface area contributed by atoms with Crippen LogP contribution in [0.3, 0.4) is 0 Å². The number of aromatic nitrogens is 1. The number of nitrogens with two attached hydrogens (primary N) is 1. The Kier molecular flexibility index (Phi) is 2.99. The standard InChI is InChI=1S/C16H13ClN2O/c1-9-7-15(20)13(17)8-12(9)10-3-2-4-11-14(18)5-6-19-16(10)11/h2-8,20H,1H3,(H2,18,19). The predicted molar refractivity (Wildman–Crippen MR) is 83.0 cm³/mol. The summed E-state index contributed by atoms with van der Waals surface area (Å²) in [5, 5.41) is 10.9. The lowest BCUT2D eigenvalue weighted by Gasteiger charge is -2.11. The molecule has 0 saturated carbocycles. The third-order valence-electron chi connectivity index (χ3n) is 3.39. The van der Waals surface area contributed by atoms with E-state index in [4.69, 9.17) is 17.3 Å². The van der Waals surface area contributed by atoms with Crippen LogP contribution in [0.5, 0.6) is 5.75 Å². The lowest BCUT2D eigenvalue weighted by Crippen LogP contribution is -1.92. The first-order valence-electron chi connectivity index (χ1n) is 6.20. The molecule has 100 valence electrons. The minimum absolute atomic E-state index is 0.0839. The number of hydrogen-bond acceptors (Lipinski definition) is 3. The van der Waals surface area contributed by atoms with E-state index in [1.54, 1.807) is 24.4 Å². The maximum Gasteiger partial charge on any atom is 0.134 e. The molecule has 0 aliphatic heterocycles. The second-order valence-corrected chi connectivity index (χ2v) is 5.13. The highest BCUT2D eigenvalue weighted by atomic mass is 35.5. The van der Waals surface area contributed by atoms with Gasteiger partial charge in [0.1, 0.15) is 5.75 Å². The Hall–Kier alpha value is -2.26. The minimum Gasteiger partial charge on any atom is -0.506 e. The molecule has 0 atom stereocenters. The van der Waals surface area contributed by atoms with E-state index in [2.05, 4.69) is 4.98 Å². The number of halogens is 1. The van der Waals surface area contributed by atoms with Gasteiger partial charge in [0.25, 0.3) is 0 Å². The number of aromatic hydroxyl groups is 1. The number of pyridine rings is 1. The Morgan fingerprint density at radius 2 is 1.95 bits per heavy atom. The van der Waals surface area contributed by atoms with Crippen molar-refractivity contribution in [1.82, 2.24) is 4.98 Å². The number of anilines is 1. The van der Waals surface area contributed by atoms with Crippen LogP contribution in [0.1, 0.15) is 5.56 Å². The van der Waals surface area contributed by atoms with Crippen molar-refractivity contribution in [3.8, 4) is 16.9 Å². The summed E-state index contributed by atoms with van der Waals surface area (Å²) in [4.78, 5) is 4.43. The zero-order valence-electron chi connectivity index (χ0n) is 10.9. The molecule has 0 amide bonds. The molecule has 0 radical (unpaired) electrons. The van der Waals surface area contributed by atoms with E-state index in [1.807, 2.05) is 25.1 Å². The first-order chi connectivity index (χ1) is 9.58. The zero-order chi connectivity index (χ0) is 14.3. The molecule has 2 aromatic carbocycles. The van der Waals surface area contributed by atoms with Crippen molar-refractivity contribution in [2.45, 2.75) is 6.92 Å². The summed E-state index contributed by atoms with van der Waals surface area (Å²) in [5.74, 6) is 0.0839. The van der Waals surface area contributed by atoms with Crippen molar-refractivity contribution in [1.29, 1.82) is 0 Å². The number of hydrogen-bond donors (Lipinski definition) is 2. The topological polar surface area (TPSA) is 59.1 Å². The molecule has 3 rings (SSSR count). The van der Waals surface area contributed by atoms with Gasteiger partial charge in [-0.2, -0.15) is 0 Å². The highest BCUT2D eigenvalue weighted by molar-refractivity contribution is 6.32. The van der Waals surface area contributed by atoms with Crippen LogP contribution >= 0.6 is 11.6 Å². The minimum atomic E-state index is 0.0839. The number of nitrogens with zero attached hydrogens (tertiary/aromatic N) is 1.